The second kappa shape index (κ2) is 5.75. The zero-order valence-corrected chi connectivity index (χ0v) is 10.6. The largest absolute Gasteiger partial charge is 0.320 e. The first-order chi connectivity index (χ1) is 9.63. The van der Waals surface area contributed by atoms with E-state index in [1.807, 2.05) is 0 Å². The zero-order chi connectivity index (χ0) is 14.5. The number of rotatable bonds is 2. The van der Waals surface area contributed by atoms with Crippen molar-refractivity contribution in [2.45, 2.75) is 0 Å². The molecule has 0 fully saturated rings. The van der Waals surface area contributed by atoms with Gasteiger partial charge in [-0.3, -0.25) is 15.1 Å². The normalized spacial score (nSPS) is 11.2. The fraction of sp³-hybridized carbons (Fsp3) is 0.100. The number of nitrogens with one attached hydrogen (secondary N) is 1. The third-order valence-electron chi connectivity index (χ3n) is 2.35. The number of hydrogen-bond acceptors (Lipinski definition) is 7. The van der Waals surface area contributed by atoms with Gasteiger partial charge in [0.1, 0.15) is 12.7 Å². The number of nitrogens with two attached hydrogens (primary N) is 2. The molecule has 10 nitrogen and oxygen atoms in total. The van der Waals surface area contributed by atoms with Crippen LogP contribution in [0.25, 0.3) is 5.82 Å². The number of guanidine groups is 1. The van der Waals surface area contributed by atoms with E-state index in [1.54, 1.807) is 18.3 Å². The molecule has 1 amide bonds. The summed E-state index contributed by atoms with van der Waals surface area (Å²) in [5.41, 5.74) is 0.279. The van der Waals surface area contributed by atoms with E-state index < -0.39 is 5.91 Å². The Kier molecular flexibility index (Phi) is 3.86. The molecule has 0 saturated carbocycles. The number of carbonyl (C=O) groups is 1. The predicted molar refractivity (Wildman–Crippen MR) is 70.2 cm³/mol. The van der Waals surface area contributed by atoms with E-state index in [-0.39, 0.29) is 11.5 Å². The van der Waals surface area contributed by atoms with E-state index in [0.29, 0.717) is 5.82 Å². The Morgan fingerprint density at radius 1 is 1.55 bits per heavy atom. The van der Waals surface area contributed by atoms with Crippen LogP contribution >= 0.6 is 0 Å². The van der Waals surface area contributed by atoms with Crippen LogP contribution in [0.2, 0.25) is 0 Å². The summed E-state index contributed by atoms with van der Waals surface area (Å²) < 4.78 is 1.38. The molecule has 10 heteroatoms. The van der Waals surface area contributed by atoms with Gasteiger partial charge in [0.15, 0.2) is 5.82 Å². The summed E-state index contributed by atoms with van der Waals surface area (Å²) in [5, 5.41) is 10.9. The Morgan fingerprint density at radius 3 is 2.95 bits per heavy atom. The van der Waals surface area contributed by atoms with Crippen molar-refractivity contribution >= 4 is 11.9 Å². The molecule has 2 heterocycles. The highest BCUT2D eigenvalue weighted by Crippen LogP contribution is 2.09. The number of hydrogen-bond donors (Lipinski definition) is 3. The fourth-order valence-corrected chi connectivity index (χ4v) is 1.45. The van der Waals surface area contributed by atoms with Gasteiger partial charge < -0.3 is 5.84 Å². The van der Waals surface area contributed by atoms with Gasteiger partial charge in [-0.1, -0.05) is 0 Å². The van der Waals surface area contributed by atoms with Crippen molar-refractivity contribution in [3.63, 3.8) is 0 Å². The fourth-order valence-electron chi connectivity index (χ4n) is 1.45. The third kappa shape index (κ3) is 2.70. The molecule has 104 valence electrons. The van der Waals surface area contributed by atoms with Crippen LogP contribution in [0.1, 0.15) is 10.4 Å². The molecule has 5 N–H and O–H groups in total. The van der Waals surface area contributed by atoms with Crippen LogP contribution in [0.15, 0.2) is 36.1 Å². The van der Waals surface area contributed by atoms with E-state index >= 15 is 0 Å². The molecule has 0 atom stereocenters. The number of aromatic nitrogens is 4. The molecule has 0 spiro atoms. The lowest BCUT2D eigenvalue weighted by atomic mass is 10.2. The van der Waals surface area contributed by atoms with Crippen molar-refractivity contribution in [1.82, 2.24) is 30.1 Å². The molecule has 0 unspecified atom stereocenters. The monoisotopic (exact) mass is 275 g/mol. The topological polar surface area (TPSA) is 140 Å². The van der Waals surface area contributed by atoms with Gasteiger partial charge in [-0.2, -0.15) is 5.10 Å². The number of pyridine rings is 1. The first-order valence-electron chi connectivity index (χ1n) is 5.51. The summed E-state index contributed by atoms with van der Waals surface area (Å²) >= 11 is 0. The Hall–Kier alpha value is -3.01. The molecule has 0 aliphatic rings. The van der Waals surface area contributed by atoms with Gasteiger partial charge in [0.2, 0.25) is 5.96 Å². The Morgan fingerprint density at radius 2 is 2.35 bits per heavy atom. The number of carbonyl (C=O) groups excluding carboxylic acids is 1. The van der Waals surface area contributed by atoms with Crippen LogP contribution in [0.5, 0.6) is 0 Å². The van der Waals surface area contributed by atoms with Crippen molar-refractivity contribution < 1.29 is 4.79 Å². The highest BCUT2D eigenvalue weighted by atomic mass is 16.2. The number of amides is 1. The molecule has 0 bridgehead atoms. The van der Waals surface area contributed by atoms with E-state index in [9.17, 15) is 4.79 Å². The van der Waals surface area contributed by atoms with Gasteiger partial charge in [0.05, 0.1) is 5.56 Å². The second-order valence-electron chi connectivity index (χ2n) is 3.73. The molecule has 0 aliphatic carbocycles. The summed E-state index contributed by atoms with van der Waals surface area (Å²) in [4.78, 5) is 20.1. The summed E-state index contributed by atoms with van der Waals surface area (Å²) in [7, 11) is 1.49. The van der Waals surface area contributed by atoms with Gasteiger partial charge in [0.25, 0.3) is 5.91 Å². The van der Waals surface area contributed by atoms with Crippen LogP contribution in [0.3, 0.4) is 0 Å². The van der Waals surface area contributed by atoms with Crippen LogP contribution in [0, 0.1) is 0 Å². The van der Waals surface area contributed by atoms with E-state index in [2.05, 4.69) is 25.5 Å². The van der Waals surface area contributed by atoms with Gasteiger partial charge >= 0.3 is 0 Å². The first-order valence-corrected chi connectivity index (χ1v) is 5.51. The summed E-state index contributed by atoms with van der Waals surface area (Å²) in [6, 6.07) is 3.21. The van der Waals surface area contributed by atoms with E-state index in [0.717, 1.165) is 5.01 Å². The van der Waals surface area contributed by atoms with Crippen molar-refractivity contribution in [3.8, 4) is 5.82 Å². The Balaban J connectivity index is 2.32. The summed E-state index contributed by atoms with van der Waals surface area (Å²) in [5.74, 6) is 10.5. The molecule has 2 aromatic heterocycles. The van der Waals surface area contributed by atoms with Crippen LogP contribution < -0.4 is 17.0 Å². The standard InChI is InChI=1S/C10H13N9O/c1-18(12)10(17-11)16-9(20)7-3-2-4-14-8(7)19-6-13-5-15-19/h2-6H,11-12H2,1H3,(H,16,17,20). The number of hydrazine groups is 1. The van der Waals surface area contributed by atoms with Crippen LogP contribution in [-0.4, -0.2) is 43.7 Å². The smallest absolute Gasteiger partial charge is 0.261 e. The average Bonchev–Trinajstić information content (AvgIpc) is 2.98. The molecule has 2 aromatic rings. The van der Waals surface area contributed by atoms with Gasteiger partial charge in [-0.05, 0) is 12.1 Å². The molecule has 20 heavy (non-hydrogen) atoms. The first kappa shape index (κ1) is 13.4. The van der Waals surface area contributed by atoms with Crippen LogP contribution in [-0.2, 0) is 0 Å². The van der Waals surface area contributed by atoms with Crippen molar-refractivity contribution in [2.24, 2.45) is 16.8 Å². The summed E-state index contributed by atoms with van der Waals surface area (Å²) in [6.07, 6.45) is 4.32. The Bertz CT molecular complexity index is 619. The minimum Gasteiger partial charge on any atom is -0.320 e. The average molecular weight is 275 g/mol. The summed E-state index contributed by atoms with van der Waals surface area (Å²) in [6.45, 7) is 0. The molecule has 2 rings (SSSR count). The third-order valence-corrected chi connectivity index (χ3v) is 2.35. The Labute approximate surface area is 114 Å². The maximum absolute atomic E-state index is 12.2. The molecular formula is C10H13N9O. The van der Waals surface area contributed by atoms with Gasteiger partial charge in [-0.15, -0.1) is 5.10 Å². The van der Waals surface area contributed by atoms with E-state index in [1.165, 1.54) is 24.4 Å². The minimum absolute atomic E-state index is 0.0170. The second-order valence-corrected chi connectivity index (χ2v) is 3.73. The van der Waals surface area contributed by atoms with Crippen molar-refractivity contribution in [2.75, 3.05) is 7.05 Å². The minimum atomic E-state index is -0.467. The van der Waals surface area contributed by atoms with Crippen molar-refractivity contribution in [1.29, 1.82) is 0 Å². The van der Waals surface area contributed by atoms with Crippen molar-refractivity contribution in [3.05, 3.63) is 36.5 Å². The quantitative estimate of drug-likeness (QED) is 0.260. The lowest BCUT2D eigenvalue weighted by Crippen LogP contribution is -2.46. The molecule has 0 radical (unpaired) electrons. The maximum Gasteiger partial charge on any atom is 0.261 e. The molecule has 0 aromatic carbocycles. The lowest BCUT2D eigenvalue weighted by molar-refractivity contribution is 0.0972. The molecule has 0 saturated heterocycles. The predicted octanol–water partition coefficient (Wildman–Crippen LogP) is -1.57. The highest BCUT2D eigenvalue weighted by molar-refractivity contribution is 6.07. The highest BCUT2D eigenvalue weighted by Gasteiger charge is 2.16. The number of nitrogens with zero attached hydrogens (tertiary/aromatic N) is 6. The van der Waals surface area contributed by atoms with Gasteiger partial charge in [0, 0.05) is 13.2 Å². The van der Waals surface area contributed by atoms with E-state index in [4.69, 9.17) is 11.7 Å². The van der Waals surface area contributed by atoms with Crippen LogP contribution in [0.4, 0.5) is 0 Å². The number of hydrazone groups is 1. The van der Waals surface area contributed by atoms with Gasteiger partial charge in [-0.25, -0.2) is 20.5 Å². The molecular weight excluding hydrogens is 262 g/mol. The zero-order valence-electron chi connectivity index (χ0n) is 10.6. The maximum atomic E-state index is 12.2. The lowest BCUT2D eigenvalue weighted by Gasteiger charge is -2.15. The SMILES string of the molecule is CN(N)/C(=N\N)NC(=O)c1cccnc1-n1cncn1. The molecule has 0 aliphatic heterocycles.